The van der Waals surface area contributed by atoms with Gasteiger partial charge in [0.15, 0.2) is 5.69 Å². The van der Waals surface area contributed by atoms with Crippen LogP contribution in [-0.4, -0.2) is 29.7 Å². The topological polar surface area (TPSA) is 107 Å². The molecule has 0 atom stereocenters. The molecule has 1 heterocycles. The highest BCUT2D eigenvalue weighted by atomic mass is 16.5. The van der Waals surface area contributed by atoms with Crippen molar-refractivity contribution in [3.05, 3.63) is 47.3 Å². The SMILES string of the molecule is COC(=O)c1c(N)c(C#N)cn1-c1ccccc1C(=O)OC1CCCCC1. The molecule has 0 aliphatic heterocycles. The number of anilines is 1. The summed E-state index contributed by atoms with van der Waals surface area (Å²) in [5, 5.41) is 9.27. The number of carbonyl (C=O) groups excluding carboxylic acids is 2. The Morgan fingerprint density at radius 2 is 1.89 bits per heavy atom. The van der Waals surface area contributed by atoms with E-state index >= 15 is 0 Å². The van der Waals surface area contributed by atoms with Crippen LogP contribution in [0.4, 0.5) is 5.69 Å². The summed E-state index contributed by atoms with van der Waals surface area (Å²) in [6.07, 6.45) is 6.30. The van der Waals surface area contributed by atoms with Crippen LogP contribution in [0.1, 0.15) is 58.5 Å². The van der Waals surface area contributed by atoms with Crippen molar-refractivity contribution in [1.82, 2.24) is 4.57 Å². The summed E-state index contributed by atoms with van der Waals surface area (Å²) in [5.41, 5.74) is 6.80. The molecule has 27 heavy (non-hydrogen) atoms. The molecule has 0 radical (unpaired) electrons. The zero-order valence-corrected chi connectivity index (χ0v) is 15.1. The van der Waals surface area contributed by atoms with Crippen molar-refractivity contribution in [2.45, 2.75) is 38.2 Å². The van der Waals surface area contributed by atoms with Gasteiger partial charge in [-0.25, -0.2) is 9.59 Å². The molecule has 1 fully saturated rings. The number of hydrogen-bond acceptors (Lipinski definition) is 6. The molecule has 2 N–H and O–H groups in total. The number of methoxy groups -OCH3 is 1. The fourth-order valence-corrected chi connectivity index (χ4v) is 3.36. The molecule has 1 aliphatic carbocycles. The summed E-state index contributed by atoms with van der Waals surface area (Å²) in [4.78, 5) is 25.0. The van der Waals surface area contributed by atoms with Crippen molar-refractivity contribution in [2.24, 2.45) is 0 Å². The molecule has 0 spiro atoms. The minimum absolute atomic E-state index is 0.00645. The van der Waals surface area contributed by atoms with Gasteiger partial charge in [-0.05, 0) is 37.8 Å². The van der Waals surface area contributed by atoms with Crippen molar-refractivity contribution in [3.63, 3.8) is 0 Å². The molecule has 0 unspecified atom stereocenters. The van der Waals surface area contributed by atoms with Gasteiger partial charge >= 0.3 is 11.9 Å². The number of carbonyl (C=O) groups is 2. The number of rotatable bonds is 4. The molecule has 0 saturated heterocycles. The van der Waals surface area contributed by atoms with E-state index < -0.39 is 11.9 Å². The predicted molar refractivity (Wildman–Crippen MR) is 98.5 cm³/mol. The van der Waals surface area contributed by atoms with Crippen molar-refractivity contribution in [1.29, 1.82) is 5.26 Å². The van der Waals surface area contributed by atoms with E-state index in [1.54, 1.807) is 24.3 Å². The van der Waals surface area contributed by atoms with Crippen LogP contribution in [-0.2, 0) is 9.47 Å². The maximum Gasteiger partial charge on any atom is 0.357 e. The number of para-hydroxylation sites is 1. The van der Waals surface area contributed by atoms with Crippen molar-refractivity contribution >= 4 is 17.6 Å². The maximum atomic E-state index is 12.8. The first-order chi connectivity index (χ1) is 13.1. The average molecular weight is 367 g/mol. The summed E-state index contributed by atoms with van der Waals surface area (Å²) in [6, 6.07) is 8.70. The van der Waals surface area contributed by atoms with Gasteiger partial charge in [0.25, 0.3) is 0 Å². The largest absolute Gasteiger partial charge is 0.464 e. The van der Waals surface area contributed by atoms with Gasteiger partial charge in [0.05, 0.1) is 29.6 Å². The number of benzene rings is 1. The van der Waals surface area contributed by atoms with E-state index in [9.17, 15) is 14.9 Å². The zero-order chi connectivity index (χ0) is 19.4. The van der Waals surface area contributed by atoms with Gasteiger partial charge in [0, 0.05) is 6.20 Å². The first-order valence-electron chi connectivity index (χ1n) is 8.86. The lowest BCUT2D eigenvalue weighted by molar-refractivity contribution is 0.0210. The van der Waals surface area contributed by atoms with Crippen molar-refractivity contribution in [2.75, 3.05) is 12.8 Å². The Bertz CT molecular complexity index is 904. The first-order valence-corrected chi connectivity index (χ1v) is 8.86. The van der Waals surface area contributed by atoms with E-state index in [4.69, 9.17) is 15.2 Å². The molecule has 1 saturated carbocycles. The van der Waals surface area contributed by atoms with Crippen LogP contribution >= 0.6 is 0 Å². The summed E-state index contributed by atoms with van der Waals surface area (Å²) >= 11 is 0. The Labute approximate surface area is 157 Å². The number of nitriles is 1. The van der Waals surface area contributed by atoms with Crippen LogP contribution in [0.5, 0.6) is 0 Å². The van der Waals surface area contributed by atoms with E-state index in [-0.39, 0.29) is 23.0 Å². The van der Waals surface area contributed by atoms with Gasteiger partial charge in [0.1, 0.15) is 12.2 Å². The van der Waals surface area contributed by atoms with Crippen LogP contribution in [0.25, 0.3) is 5.69 Å². The molecule has 1 aliphatic rings. The Hall–Kier alpha value is -3.27. The monoisotopic (exact) mass is 367 g/mol. The number of nitrogens with zero attached hydrogens (tertiary/aromatic N) is 2. The summed E-state index contributed by atoms with van der Waals surface area (Å²) < 4.78 is 11.9. The fourth-order valence-electron chi connectivity index (χ4n) is 3.36. The third-order valence-electron chi connectivity index (χ3n) is 4.75. The molecule has 7 heteroatoms. The molecule has 7 nitrogen and oxygen atoms in total. The van der Waals surface area contributed by atoms with Crippen molar-refractivity contribution < 1.29 is 19.1 Å². The summed E-state index contributed by atoms with van der Waals surface area (Å²) in [5.74, 6) is -1.15. The highest BCUT2D eigenvalue weighted by Gasteiger charge is 2.26. The van der Waals surface area contributed by atoms with Gasteiger partial charge in [-0.2, -0.15) is 5.26 Å². The second kappa shape index (κ2) is 7.96. The van der Waals surface area contributed by atoms with E-state index in [1.165, 1.54) is 17.9 Å². The second-order valence-corrected chi connectivity index (χ2v) is 6.46. The smallest absolute Gasteiger partial charge is 0.357 e. The lowest BCUT2D eigenvalue weighted by Crippen LogP contribution is -2.22. The number of hydrogen-bond donors (Lipinski definition) is 1. The third-order valence-corrected chi connectivity index (χ3v) is 4.75. The molecule has 2 aromatic rings. The second-order valence-electron chi connectivity index (χ2n) is 6.46. The fraction of sp³-hybridized carbons (Fsp3) is 0.350. The van der Waals surface area contributed by atoms with Crippen LogP contribution in [0.15, 0.2) is 30.5 Å². The molecule has 1 aromatic heterocycles. The van der Waals surface area contributed by atoms with Crippen molar-refractivity contribution in [3.8, 4) is 11.8 Å². The normalized spacial score (nSPS) is 14.4. The van der Waals surface area contributed by atoms with Crippen LogP contribution in [0.3, 0.4) is 0 Å². The Balaban J connectivity index is 2.02. The van der Waals surface area contributed by atoms with Gasteiger partial charge in [-0.15, -0.1) is 0 Å². The molecule has 0 amide bonds. The van der Waals surface area contributed by atoms with Gasteiger partial charge < -0.3 is 19.8 Å². The third kappa shape index (κ3) is 3.65. The van der Waals surface area contributed by atoms with E-state index in [2.05, 4.69) is 0 Å². The minimum atomic E-state index is -0.690. The van der Waals surface area contributed by atoms with E-state index in [0.29, 0.717) is 11.3 Å². The standard InChI is InChI=1S/C20H21N3O4/c1-26-20(25)18-17(22)13(11-21)12-23(18)16-10-6-5-9-15(16)19(24)27-14-7-3-2-4-8-14/h5-6,9-10,12,14H,2-4,7-8,22H2,1H3. The molecule has 1 aromatic carbocycles. The minimum Gasteiger partial charge on any atom is -0.464 e. The lowest BCUT2D eigenvalue weighted by Gasteiger charge is -2.22. The quantitative estimate of drug-likeness (QED) is 0.832. The maximum absolute atomic E-state index is 12.8. The van der Waals surface area contributed by atoms with Gasteiger partial charge in [-0.1, -0.05) is 18.6 Å². The molecular weight excluding hydrogens is 346 g/mol. The summed E-state index contributed by atoms with van der Waals surface area (Å²) in [7, 11) is 1.23. The Kier molecular flexibility index (Phi) is 5.46. The Morgan fingerprint density at radius 1 is 1.19 bits per heavy atom. The number of aromatic nitrogens is 1. The number of ether oxygens (including phenoxy) is 2. The Morgan fingerprint density at radius 3 is 2.56 bits per heavy atom. The van der Waals surface area contributed by atoms with Crippen LogP contribution in [0.2, 0.25) is 0 Å². The van der Waals surface area contributed by atoms with E-state index in [0.717, 1.165) is 32.1 Å². The van der Waals surface area contributed by atoms with Gasteiger partial charge in [0.2, 0.25) is 0 Å². The molecule has 0 bridgehead atoms. The molecular formula is C20H21N3O4. The highest BCUT2D eigenvalue weighted by molar-refractivity contribution is 5.98. The van der Waals surface area contributed by atoms with Crippen LogP contribution in [0, 0.1) is 11.3 Å². The number of nitrogen functional groups attached to an aromatic ring is 1. The molecule has 140 valence electrons. The summed E-state index contributed by atoms with van der Waals surface area (Å²) in [6.45, 7) is 0. The zero-order valence-electron chi connectivity index (χ0n) is 15.1. The first kappa shape index (κ1) is 18.5. The van der Waals surface area contributed by atoms with Gasteiger partial charge in [-0.3, -0.25) is 0 Å². The van der Waals surface area contributed by atoms with E-state index in [1.807, 2.05) is 6.07 Å². The lowest BCUT2D eigenvalue weighted by atomic mass is 9.98. The average Bonchev–Trinajstić information content (AvgIpc) is 3.04. The van der Waals surface area contributed by atoms with Crippen LogP contribution < -0.4 is 5.73 Å². The predicted octanol–water partition coefficient (Wildman–Crippen LogP) is 3.21. The molecule has 3 rings (SSSR count). The highest BCUT2D eigenvalue weighted by Crippen LogP contribution is 2.28. The number of nitrogens with two attached hydrogens (primary N) is 1. The number of esters is 2.